The van der Waals surface area contributed by atoms with Gasteiger partial charge in [0.1, 0.15) is 5.69 Å². The minimum atomic E-state index is -4.64. The van der Waals surface area contributed by atoms with Gasteiger partial charge in [0.25, 0.3) is 5.91 Å². The molecule has 0 aliphatic carbocycles. The number of aromatic nitrogens is 3. The number of carbonyl (C=O) groups excluding carboxylic acids is 2. The summed E-state index contributed by atoms with van der Waals surface area (Å²) in [4.78, 5) is 39.6. The number of ether oxygens (including phenoxy) is 2. The third kappa shape index (κ3) is 4.40. The summed E-state index contributed by atoms with van der Waals surface area (Å²) in [6, 6.07) is 3.47. The molecule has 0 saturated carbocycles. The molecule has 0 spiro atoms. The topological polar surface area (TPSA) is 124 Å². The van der Waals surface area contributed by atoms with Crippen LogP contribution < -0.4 is 4.90 Å². The zero-order valence-electron chi connectivity index (χ0n) is 15.4. The monoisotopic (exact) mass is 428 g/mol. The number of amides is 1. The summed E-state index contributed by atoms with van der Waals surface area (Å²) >= 11 is 0. The van der Waals surface area contributed by atoms with Gasteiger partial charge in [-0.05, 0) is 12.1 Å². The van der Waals surface area contributed by atoms with Gasteiger partial charge in [-0.2, -0.15) is 13.2 Å². The van der Waals surface area contributed by atoms with Crippen molar-refractivity contribution in [3.63, 3.8) is 0 Å². The molecule has 13 heteroatoms. The average Bonchev–Trinajstić information content (AvgIpc) is 3.15. The third-order valence-electron chi connectivity index (χ3n) is 4.08. The SMILES string of the molecule is CC(=O)O[C@@H](C(=O)O)C1OCCN(c2ccn(-c3ccnc(C(F)(F)F)c3)n2)C1=O. The molecule has 2 aromatic rings. The first-order valence-corrected chi connectivity index (χ1v) is 8.50. The van der Waals surface area contributed by atoms with Crippen LogP contribution >= 0.6 is 0 Å². The van der Waals surface area contributed by atoms with E-state index in [1.54, 1.807) is 0 Å². The van der Waals surface area contributed by atoms with Crippen molar-refractivity contribution in [1.82, 2.24) is 14.8 Å². The van der Waals surface area contributed by atoms with Gasteiger partial charge in [-0.3, -0.25) is 19.5 Å². The Kier molecular flexibility index (Phi) is 5.73. The van der Waals surface area contributed by atoms with Gasteiger partial charge >= 0.3 is 18.1 Å². The highest BCUT2D eigenvalue weighted by Gasteiger charge is 2.43. The summed E-state index contributed by atoms with van der Waals surface area (Å²) < 4.78 is 49.6. The fraction of sp³-hybridized carbons (Fsp3) is 0.353. The number of pyridine rings is 1. The largest absolute Gasteiger partial charge is 0.478 e. The van der Waals surface area contributed by atoms with E-state index in [0.717, 1.165) is 28.8 Å². The molecular weight excluding hydrogens is 413 g/mol. The van der Waals surface area contributed by atoms with E-state index in [1.807, 2.05) is 0 Å². The van der Waals surface area contributed by atoms with Gasteiger partial charge in [0.2, 0.25) is 6.10 Å². The predicted molar refractivity (Wildman–Crippen MR) is 91.6 cm³/mol. The first-order chi connectivity index (χ1) is 14.1. The number of hydrogen-bond donors (Lipinski definition) is 1. The maximum atomic E-state index is 12.9. The lowest BCUT2D eigenvalue weighted by Gasteiger charge is -2.33. The lowest BCUT2D eigenvalue weighted by Crippen LogP contribution is -2.55. The number of nitrogens with zero attached hydrogens (tertiary/aromatic N) is 4. The van der Waals surface area contributed by atoms with E-state index >= 15 is 0 Å². The zero-order valence-corrected chi connectivity index (χ0v) is 15.4. The number of carboxylic acid groups (broad SMARTS) is 1. The normalized spacial score (nSPS) is 18.2. The molecule has 0 radical (unpaired) electrons. The highest BCUT2D eigenvalue weighted by Crippen LogP contribution is 2.29. The standard InChI is InChI=1S/C17H15F3N4O6/c1-9(25)30-14(16(27)28)13-15(26)23(6-7-29-13)12-3-5-24(22-12)10-2-4-21-11(8-10)17(18,19)20/h2-5,8,13-14H,6-7H2,1H3,(H,27,28)/t13?,14-/m1/s1. The van der Waals surface area contributed by atoms with Crippen LogP contribution in [0.5, 0.6) is 0 Å². The van der Waals surface area contributed by atoms with Crippen LogP contribution in [0.25, 0.3) is 5.69 Å². The molecule has 3 rings (SSSR count). The van der Waals surface area contributed by atoms with Crippen molar-refractivity contribution >= 4 is 23.7 Å². The van der Waals surface area contributed by atoms with E-state index in [-0.39, 0.29) is 24.7 Å². The number of hydrogen-bond acceptors (Lipinski definition) is 7. The molecule has 0 aromatic carbocycles. The second-order valence-corrected chi connectivity index (χ2v) is 6.17. The van der Waals surface area contributed by atoms with E-state index in [1.165, 1.54) is 18.3 Å². The predicted octanol–water partition coefficient (Wildman–Crippen LogP) is 1.03. The zero-order chi connectivity index (χ0) is 22.1. The molecule has 1 N–H and O–H groups in total. The summed E-state index contributed by atoms with van der Waals surface area (Å²) in [6.45, 7) is 0.942. The van der Waals surface area contributed by atoms with Crippen molar-refractivity contribution in [3.8, 4) is 5.69 Å². The number of carboxylic acids is 1. The number of halogens is 3. The van der Waals surface area contributed by atoms with E-state index in [4.69, 9.17) is 4.74 Å². The fourth-order valence-corrected chi connectivity index (χ4v) is 2.79. The highest BCUT2D eigenvalue weighted by molar-refractivity contribution is 5.99. The van der Waals surface area contributed by atoms with Gasteiger partial charge in [-0.1, -0.05) is 0 Å². The van der Waals surface area contributed by atoms with Gasteiger partial charge < -0.3 is 14.6 Å². The molecule has 1 amide bonds. The number of anilines is 1. The molecule has 160 valence electrons. The fourth-order valence-electron chi connectivity index (χ4n) is 2.79. The Bertz CT molecular complexity index is 976. The molecule has 30 heavy (non-hydrogen) atoms. The van der Waals surface area contributed by atoms with Crippen molar-refractivity contribution < 1.29 is 42.1 Å². The molecule has 1 aliphatic rings. The molecule has 2 aromatic heterocycles. The smallest absolute Gasteiger partial charge is 0.433 e. The average molecular weight is 428 g/mol. The first-order valence-electron chi connectivity index (χ1n) is 8.50. The van der Waals surface area contributed by atoms with Crippen LogP contribution in [0, 0.1) is 0 Å². The summed E-state index contributed by atoms with van der Waals surface area (Å²) in [5.41, 5.74) is -1.05. The molecule has 3 heterocycles. The van der Waals surface area contributed by atoms with E-state index in [0.29, 0.717) is 0 Å². The van der Waals surface area contributed by atoms with Crippen LogP contribution in [0.2, 0.25) is 0 Å². The number of rotatable bonds is 5. The summed E-state index contributed by atoms with van der Waals surface area (Å²) in [6.07, 6.45) is -5.77. The summed E-state index contributed by atoms with van der Waals surface area (Å²) in [7, 11) is 0. The summed E-state index contributed by atoms with van der Waals surface area (Å²) in [5.74, 6) is -3.22. The molecule has 1 aliphatic heterocycles. The number of alkyl halides is 3. The third-order valence-corrected chi connectivity index (χ3v) is 4.08. The molecule has 1 fully saturated rings. The van der Waals surface area contributed by atoms with Gasteiger partial charge in [0.15, 0.2) is 11.9 Å². The Balaban J connectivity index is 1.85. The Morgan fingerprint density at radius 1 is 1.37 bits per heavy atom. The van der Waals surface area contributed by atoms with Crippen molar-refractivity contribution in [1.29, 1.82) is 0 Å². The van der Waals surface area contributed by atoms with Gasteiger partial charge in [0, 0.05) is 25.4 Å². The lowest BCUT2D eigenvalue weighted by atomic mass is 10.1. The quantitative estimate of drug-likeness (QED) is 0.701. The molecule has 0 bridgehead atoms. The molecular formula is C17H15F3N4O6. The second kappa shape index (κ2) is 8.10. The van der Waals surface area contributed by atoms with E-state index in [2.05, 4.69) is 14.8 Å². The van der Waals surface area contributed by atoms with Gasteiger partial charge in [-0.25, -0.2) is 9.48 Å². The Labute approximate surface area is 166 Å². The second-order valence-electron chi connectivity index (χ2n) is 6.17. The summed E-state index contributed by atoms with van der Waals surface area (Å²) in [5, 5.41) is 13.3. The van der Waals surface area contributed by atoms with Crippen LogP contribution in [0.15, 0.2) is 30.6 Å². The van der Waals surface area contributed by atoms with Crippen molar-refractivity contribution in [2.24, 2.45) is 0 Å². The van der Waals surface area contributed by atoms with Crippen molar-refractivity contribution in [2.45, 2.75) is 25.3 Å². The van der Waals surface area contributed by atoms with Crippen LogP contribution in [-0.4, -0.2) is 63.1 Å². The maximum Gasteiger partial charge on any atom is 0.433 e. The Hall–Kier alpha value is -3.48. The molecule has 10 nitrogen and oxygen atoms in total. The maximum absolute atomic E-state index is 12.9. The first kappa shape index (κ1) is 21.2. The number of morpholine rings is 1. The van der Waals surface area contributed by atoms with Crippen molar-refractivity contribution in [2.75, 3.05) is 18.1 Å². The van der Waals surface area contributed by atoms with Gasteiger partial charge in [0.05, 0.1) is 18.8 Å². The van der Waals surface area contributed by atoms with E-state index in [9.17, 15) is 32.7 Å². The number of esters is 1. The van der Waals surface area contributed by atoms with E-state index < -0.39 is 41.9 Å². The van der Waals surface area contributed by atoms with Crippen LogP contribution in [-0.2, 0) is 30.0 Å². The van der Waals surface area contributed by atoms with Crippen LogP contribution in [0.4, 0.5) is 19.0 Å². The Morgan fingerprint density at radius 3 is 2.73 bits per heavy atom. The van der Waals surface area contributed by atoms with Gasteiger partial charge in [-0.15, -0.1) is 5.10 Å². The number of aliphatic carboxylic acids is 1. The molecule has 1 unspecified atom stereocenters. The van der Waals surface area contributed by atoms with Crippen LogP contribution in [0.3, 0.4) is 0 Å². The minimum absolute atomic E-state index is 0.0168. The van der Waals surface area contributed by atoms with Crippen LogP contribution in [0.1, 0.15) is 12.6 Å². The molecule has 2 atom stereocenters. The minimum Gasteiger partial charge on any atom is -0.478 e. The van der Waals surface area contributed by atoms with Crippen molar-refractivity contribution in [3.05, 3.63) is 36.3 Å². The Morgan fingerprint density at radius 2 is 2.10 bits per heavy atom. The number of carbonyl (C=O) groups is 3. The lowest BCUT2D eigenvalue weighted by molar-refractivity contribution is -0.177. The molecule has 1 saturated heterocycles. The highest BCUT2D eigenvalue weighted by atomic mass is 19.4.